The van der Waals surface area contributed by atoms with E-state index in [1.807, 2.05) is 6.92 Å². The molecule has 0 spiro atoms. The number of aromatic nitrogens is 2. The highest BCUT2D eigenvalue weighted by atomic mass is 19.2. The first-order valence-corrected chi connectivity index (χ1v) is 10.4. The number of rotatable bonds is 5. The molecule has 1 amide bonds. The molecule has 1 aliphatic heterocycles. The zero-order valence-corrected chi connectivity index (χ0v) is 17.5. The van der Waals surface area contributed by atoms with Gasteiger partial charge >= 0.3 is 0 Å². The maximum absolute atomic E-state index is 14.9. The van der Waals surface area contributed by atoms with Crippen LogP contribution in [0.5, 0.6) is 0 Å². The molecule has 168 valence electrons. The Labute approximate surface area is 182 Å². The average molecular weight is 444 g/mol. The van der Waals surface area contributed by atoms with Gasteiger partial charge in [0.05, 0.1) is 0 Å². The van der Waals surface area contributed by atoms with E-state index in [2.05, 4.69) is 9.88 Å². The molecule has 0 bridgehead atoms. The van der Waals surface area contributed by atoms with Crippen LogP contribution < -0.4 is 5.48 Å². The van der Waals surface area contributed by atoms with E-state index in [1.165, 1.54) is 11.6 Å². The number of amides is 1. The molecule has 3 aromatic rings. The molecule has 0 aliphatic carbocycles. The van der Waals surface area contributed by atoms with Crippen molar-refractivity contribution in [3.05, 3.63) is 59.4 Å². The number of carbonyl (C=O) groups excluding carboxylic acids is 1. The zero-order chi connectivity index (χ0) is 22.8. The predicted molar refractivity (Wildman–Crippen MR) is 114 cm³/mol. The van der Waals surface area contributed by atoms with Crippen molar-refractivity contribution in [3.63, 3.8) is 0 Å². The van der Waals surface area contributed by atoms with Gasteiger partial charge in [0.2, 0.25) is 0 Å². The highest BCUT2D eigenvalue weighted by molar-refractivity contribution is 5.91. The second-order valence-corrected chi connectivity index (χ2v) is 7.78. The molecule has 2 heterocycles. The van der Waals surface area contributed by atoms with Gasteiger partial charge in [-0.1, -0.05) is 25.1 Å². The van der Waals surface area contributed by atoms with Crippen molar-refractivity contribution in [1.82, 2.24) is 19.9 Å². The van der Waals surface area contributed by atoms with Gasteiger partial charge in [-0.2, -0.15) is 0 Å². The Morgan fingerprint density at radius 3 is 2.84 bits per heavy atom. The summed E-state index contributed by atoms with van der Waals surface area (Å²) in [5.41, 5.74) is 2.31. The smallest absolute Gasteiger partial charge is 0.267 e. The van der Waals surface area contributed by atoms with Gasteiger partial charge in [-0.25, -0.2) is 23.6 Å². The quantitative estimate of drug-likeness (QED) is 0.267. The minimum absolute atomic E-state index is 0.180. The molecule has 2 aromatic carbocycles. The van der Waals surface area contributed by atoms with Gasteiger partial charge in [-0.3, -0.25) is 10.0 Å². The summed E-state index contributed by atoms with van der Waals surface area (Å²) in [5.74, 6) is -3.66. The predicted octanol–water partition coefficient (Wildman–Crippen LogP) is 4.30. The van der Waals surface area contributed by atoms with Crippen LogP contribution in [0, 0.1) is 17.5 Å². The first kappa shape index (κ1) is 22.0. The lowest BCUT2D eigenvalue weighted by molar-refractivity contribution is -0.124. The number of hydrogen-bond donors (Lipinski definition) is 2. The Hall–Kier alpha value is -3.17. The van der Waals surface area contributed by atoms with Gasteiger partial charge in [-0.05, 0) is 43.6 Å². The molecule has 2 N–H and O–H groups in total. The first-order valence-electron chi connectivity index (χ1n) is 10.4. The summed E-state index contributed by atoms with van der Waals surface area (Å²) in [4.78, 5) is 17.9. The fourth-order valence-electron chi connectivity index (χ4n) is 4.24. The molecule has 6 nitrogen and oxygen atoms in total. The van der Waals surface area contributed by atoms with Crippen LogP contribution >= 0.6 is 0 Å². The summed E-state index contributed by atoms with van der Waals surface area (Å²) in [6.07, 6.45) is 4.23. The van der Waals surface area contributed by atoms with Crippen molar-refractivity contribution < 1.29 is 23.2 Å². The Balaban J connectivity index is 1.90. The van der Waals surface area contributed by atoms with Crippen LogP contribution in [0.2, 0.25) is 0 Å². The number of imidazole rings is 1. The number of halogens is 3. The van der Waals surface area contributed by atoms with Crippen LogP contribution in [0.1, 0.15) is 31.4 Å². The van der Waals surface area contributed by atoms with Crippen molar-refractivity contribution in [2.45, 2.75) is 25.8 Å². The van der Waals surface area contributed by atoms with Crippen molar-refractivity contribution in [2.75, 3.05) is 19.6 Å². The van der Waals surface area contributed by atoms with Crippen molar-refractivity contribution >= 4 is 23.0 Å². The minimum atomic E-state index is -1.25. The monoisotopic (exact) mass is 444 g/mol. The normalized spacial score (nSPS) is 17.3. The number of hydroxylamine groups is 1. The lowest BCUT2D eigenvalue weighted by atomic mass is 10.0. The van der Waals surface area contributed by atoms with Gasteiger partial charge in [0.25, 0.3) is 5.91 Å². The Kier molecular flexibility index (Phi) is 6.29. The molecule has 1 aliphatic rings. The van der Waals surface area contributed by atoms with E-state index >= 15 is 0 Å². The molecule has 0 saturated carbocycles. The number of benzene rings is 2. The minimum Gasteiger partial charge on any atom is -0.317 e. The number of nitrogens with one attached hydrogen (secondary N) is 1. The van der Waals surface area contributed by atoms with Crippen LogP contribution in [-0.4, -0.2) is 45.2 Å². The molecule has 4 rings (SSSR count). The Morgan fingerprint density at radius 1 is 1.28 bits per heavy atom. The van der Waals surface area contributed by atoms with Gasteiger partial charge in [0, 0.05) is 30.3 Å². The molecule has 9 heteroatoms. The topological polar surface area (TPSA) is 70.4 Å². The molecule has 1 atom stereocenters. The van der Waals surface area contributed by atoms with Crippen LogP contribution in [0.4, 0.5) is 13.2 Å². The summed E-state index contributed by atoms with van der Waals surface area (Å²) in [6.45, 7) is 4.38. The van der Waals surface area contributed by atoms with Crippen molar-refractivity contribution in [3.8, 4) is 11.4 Å². The number of piperidine rings is 1. The van der Waals surface area contributed by atoms with Crippen LogP contribution in [-0.2, 0) is 4.79 Å². The molecule has 1 fully saturated rings. The third-order valence-corrected chi connectivity index (χ3v) is 5.78. The van der Waals surface area contributed by atoms with Crippen molar-refractivity contribution in [2.24, 2.45) is 0 Å². The van der Waals surface area contributed by atoms with Gasteiger partial charge in [0.15, 0.2) is 17.5 Å². The van der Waals surface area contributed by atoms with Gasteiger partial charge in [-0.15, -0.1) is 0 Å². The Morgan fingerprint density at radius 2 is 2.09 bits per heavy atom. The second kappa shape index (κ2) is 9.13. The van der Waals surface area contributed by atoms with E-state index in [9.17, 15) is 18.0 Å². The zero-order valence-electron chi connectivity index (χ0n) is 17.5. The molecular weight excluding hydrogens is 421 g/mol. The van der Waals surface area contributed by atoms with Crippen LogP contribution in [0.3, 0.4) is 0 Å². The highest BCUT2D eigenvalue weighted by Gasteiger charge is 2.29. The van der Waals surface area contributed by atoms with E-state index < -0.39 is 23.4 Å². The summed E-state index contributed by atoms with van der Waals surface area (Å²) < 4.78 is 45.3. The molecular formula is C23H23F3N4O2. The van der Waals surface area contributed by atoms with E-state index in [0.717, 1.165) is 32.0 Å². The molecule has 32 heavy (non-hydrogen) atoms. The van der Waals surface area contributed by atoms with E-state index in [4.69, 9.17) is 5.21 Å². The third kappa shape index (κ3) is 4.13. The SMILES string of the molecule is CCN1CCCC(n2c(-c3cccc(/C=C/C(=O)NO)c3)nc3c(F)cc(F)c(F)c32)C1. The fourth-order valence-corrected chi connectivity index (χ4v) is 4.24. The number of hydrogen-bond acceptors (Lipinski definition) is 4. The standard InChI is InChI=1S/C23H23F3N4O2/c1-2-29-10-4-7-16(13-29)30-22-20(26)17(24)12-18(25)21(22)27-23(30)15-6-3-5-14(11-15)8-9-19(31)28-32/h3,5-6,8-9,11-12,16,32H,2,4,7,10,13H2,1H3,(H,28,31)/b9-8+. The van der Waals surface area contributed by atoms with Crippen LogP contribution in [0.25, 0.3) is 28.5 Å². The van der Waals surface area contributed by atoms with E-state index in [1.54, 1.807) is 28.8 Å². The Bertz CT molecular complexity index is 1190. The second-order valence-electron chi connectivity index (χ2n) is 7.78. The van der Waals surface area contributed by atoms with Gasteiger partial charge < -0.3 is 9.47 Å². The summed E-state index contributed by atoms with van der Waals surface area (Å²) in [7, 11) is 0. The third-order valence-electron chi connectivity index (χ3n) is 5.78. The molecule has 1 aromatic heterocycles. The lowest BCUT2D eigenvalue weighted by Crippen LogP contribution is -2.36. The summed E-state index contributed by atoms with van der Waals surface area (Å²) >= 11 is 0. The number of likely N-dealkylation sites (tertiary alicyclic amines) is 1. The lowest BCUT2D eigenvalue weighted by Gasteiger charge is -2.33. The molecule has 0 radical (unpaired) electrons. The number of nitrogens with zero attached hydrogens (tertiary/aromatic N) is 3. The van der Waals surface area contributed by atoms with Crippen LogP contribution in [0.15, 0.2) is 36.4 Å². The largest absolute Gasteiger partial charge is 0.317 e. The first-order chi connectivity index (χ1) is 15.4. The highest BCUT2D eigenvalue weighted by Crippen LogP contribution is 2.35. The van der Waals surface area contributed by atoms with Crippen molar-refractivity contribution in [1.29, 1.82) is 0 Å². The average Bonchev–Trinajstić information content (AvgIpc) is 3.23. The maximum atomic E-state index is 14.9. The van der Waals surface area contributed by atoms with E-state index in [0.29, 0.717) is 29.6 Å². The number of likely N-dealkylation sites (N-methyl/N-ethyl adjacent to an activating group) is 1. The number of fused-ring (bicyclic) bond motifs is 1. The molecule has 1 unspecified atom stereocenters. The fraction of sp³-hybridized carbons (Fsp3) is 0.304. The van der Waals surface area contributed by atoms with E-state index in [-0.39, 0.29) is 17.1 Å². The molecule has 1 saturated heterocycles. The summed E-state index contributed by atoms with van der Waals surface area (Å²) in [6, 6.07) is 7.22. The number of carbonyl (C=O) groups is 1. The maximum Gasteiger partial charge on any atom is 0.267 e. The van der Waals surface area contributed by atoms with Gasteiger partial charge in [0.1, 0.15) is 16.9 Å². The summed E-state index contributed by atoms with van der Waals surface area (Å²) in [5, 5.41) is 8.65.